The van der Waals surface area contributed by atoms with Crippen LogP contribution in [-0.2, 0) is 4.79 Å². The Bertz CT molecular complexity index is 520. The minimum Gasteiger partial charge on any atom is -0.479 e. The number of benzene rings is 1. The SMILES string of the molecule is CCNC(CCCCCCCCCC(Cl)(Cl)C(=O)O)c1ccc(Cl)cc1. The summed E-state index contributed by atoms with van der Waals surface area (Å²) >= 11 is 17.4. The molecule has 1 unspecified atom stereocenters. The summed E-state index contributed by atoms with van der Waals surface area (Å²) in [6.07, 6.45) is 9.00. The molecule has 0 aliphatic carbocycles. The summed E-state index contributed by atoms with van der Waals surface area (Å²) in [5, 5.41) is 13.2. The predicted octanol–water partition coefficient (Wildman–Crippen LogP) is 6.76. The van der Waals surface area contributed by atoms with Crippen LogP contribution in [0, 0.1) is 0 Å². The second-order valence-corrected chi connectivity index (χ2v) is 8.61. The van der Waals surface area contributed by atoms with Gasteiger partial charge >= 0.3 is 5.97 Å². The number of nitrogens with one attached hydrogen (secondary N) is 1. The number of aliphatic carboxylic acids is 1. The van der Waals surface area contributed by atoms with Gasteiger partial charge in [-0.2, -0.15) is 0 Å². The highest BCUT2D eigenvalue weighted by Gasteiger charge is 2.32. The van der Waals surface area contributed by atoms with E-state index >= 15 is 0 Å². The number of alkyl halides is 2. The standard InChI is InChI=1S/C20H30Cl3NO2/c1-2-24-18(16-11-13-17(21)14-12-16)10-8-6-4-3-5-7-9-15-20(22,23)19(25)26/h11-14,18,24H,2-10,15H2,1H3,(H,25,26). The van der Waals surface area contributed by atoms with Crippen LogP contribution in [0.1, 0.15) is 76.3 Å². The highest BCUT2D eigenvalue weighted by Crippen LogP contribution is 2.28. The molecule has 26 heavy (non-hydrogen) atoms. The molecule has 1 aromatic rings. The Labute approximate surface area is 172 Å². The Morgan fingerprint density at radius 1 is 1.04 bits per heavy atom. The van der Waals surface area contributed by atoms with E-state index in [0.29, 0.717) is 12.5 Å². The second kappa shape index (κ2) is 12.8. The van der Waals surface area contributed by atoms with Gasteiger partial charge in [0.2, 0.25) is 4.33 Å². The third-order valence-corrected chi connectivity index (χ3v) is 5.47. The van der Waals surface area contributed by atoms with Crippen molar-refractivity contribution >= 4 is 40.8 Å². The molecule has 0 aliphatic rings. The van der Waals surface area contributed by atoms with Gasteiger partial charge in [-0.15, -0.1) is 0 Å². The molecule has 0 aromatic heterocycles. The number of carboxylic acids is 1. The number of carboxylic acid groups (broad SMARTS) is 1. The largest absolute Gasteiger partial charge is 0.479 e. The number of hydrogen-bond donors (Lipinski definition) is 2. The molecular formula is C20H30Cl3NO2. The highest BCUT2D eigenvalue weighted by atomic mass is 35.5. The normalized spacial score (nSPS) is 12.9. The van der Waals surface area contributed by atoms with Crippen molar-refractivity contribution in [3.8, 4) is 0 Å². The summed E-state index contributed by atoms with van der Waals surface area (Å²) in [5.74, 6) is -1.16. The summed E-state index contributed by atoms with van der Waals surface area (Å²) in [4.78, 5) is 10.8. The first kappa shape index (κ1) is 23.6. The molecule has 0 amide bonds. The molecule has 0 saturated heterocycles. The zero-order valence-electron chi connectivity index (χ0n) is 15.4. The summed E-state index contributed by atoms with van der Waals surface area (Å²) < 4.78 is -1.64. The quantitative estimate of drug-likeness (QED) is 0.257. The maximum absolute atomic E-state index is 10.8. The Kier molecular flexibility index (Phi) is 11.6. The molecule has 0 radical (unpaired) electrons. The van der Waals surface area contributed by atoms with Crippen molar-refractivity contribution in [2.45, 2.75) is 75.1 Å². The van der Waals surface area contributed by atoms with Gasteiger partial charge in [0.05, 0.1) is 0 Å². The molecule has 0 fully saturated rings. The first-order valence-electron chi connectivity index (χ1n) is 9.47. The van der Waals surface area contributed by atoms with Gasteiger partial charge in [-0.25, -0.2) is 4.79 Å². The molecule has 0 bridgehead atoms. The van der Waals surface area contributed by atoms with Crippen LogP contribution in [-0.4, -0.2) is 22.0 Å². The van der Waals surface area contributed by atoms with Crippen LogP contribution in [0.4, 0.5) is 0 Å². The van der Waals surface area contributed by atoms with Crippen LogP contribution in [0.15, 0.2) is 24.3 Å². The van der Waals surface area contributed by atoms with Gasteiger partial charge in [-0.1, -0.05) is 92.4 Å². The molecule has 1 atom stereocenters. The van der Waals surface area contributed by atoms with E-state index in [2.05, 4.69) is 24.4 Å². The fraction of sp³-hybridized carbons (Fsp3) is 0.650. The molecule has 3 nitrogen and oxygen atoms in total. The zero-order chi connectivity index (χ0) is 19.4. The number of carbonyl (C=O) groups is 1. The summed E-state index contributed by atoms with van der Waals surface area (Å²) in [6.45, 7) is 3.08. The summed E-state index contributed by atoms with van der Waals surface area (Å²) in [6, 6.07) is 8.47. The topological polar surface area (TPSA) is 49.3 Å². The molecule has 148 valence electrons. The first-order chi connectivity index (χ1) is 12.4. The molecule has 2 N–H and O–H groups in total. The number of halogens is 3. The smallest absolute Gasteiger partial charge is 0.340 e. The third kappa shape index (κ3) is 9.45. The van der Waals surface area contributed by atoms with E-state index in [1.54, 1.807) is 0 Å². The minimum absolute atomic E-state index is 0.302. The molecule has 0 spiro atoms. The third-order valence-electron chi connectivity index (χ3n) is 4.52. The van der Waals surface area contributed by atoms with E-state index in [1.165, 1.54) is 24.8 Å². The van der Waals surface area contributed by atoms with Crippen LogP contribution < -0.4 is 5.32 Å². The van der Waals surface area contributed by atoms with E-state index in [9.17, 15) is 4.79 Å². The molecule has 0 aliphatic heterocycles. The fourth-order valence-corrected chi connectivity index (χ4v) is 3.41. The fourth-order valence-electron chi connectivity index (χ4n) is 3.01. The maximum Gasteiger partial charge on any atom is 0.340 e. The minimum atomic E-state index is -1.64. The maximum atomic E-state index is 10.8. The van der Waals surface area contributed by atoms with E-state index in [1.807, 2.05) is 12.1 Å². The lowest BCUT2D eigenvalue weighted by Crippen LogP contribution is -2.25. The molecule has 6 heteroatoms. The van der Waals surface area contributed by atoms with E-state index in [0.717, 1.165) is 43.7 Å². The van der Waals surface area contributed by atoms with Gasteiger partial charge in [0, 0.05) is 11.1 Å². The molecule has 0 heterocycles. The van der Waals surface area contributed by atoms with Crippen molar-refractivity contribution in [3.05, 3.63) is 34.9 Å². The molecule has 1 aromatic carbocycles. The average molecular weight is 423 g/mol. The molecular weight excluding hydrogens is 393 g/mol. The molecule has 0 saturated carbocycles. The Morgan fingerprint density at radius 2 is 1.58 bits per heavy atom. The summed E-state index contributed by atoms with van der Waals surface area (Å²) in [7, 11) is 0. The van der Waals surface area contributed by atoms with E-state index in [-0.39, 0.29) is 0 Å². The molecule has 1 rings (SSSR count). The van der Waals surface area contributed by atoms with Crippen molar-refractivity contribution < 1.29 is 9.90 Å². The highest BCUT2D eigenvalue weighted by molar-refractivity contribution is 6.57. The van der Waals surface area contributed by atoms with E-state index < -0.39 is 10.3 Å². The zero-order valence-corrected chi connectivity index (χ0v) is 17.7. The second-order valence-electron chi connectivity index (χ2n) is 6.68. The van der Waals surface area contributed by atoms with Gasteiger partial charge in [-0.3, -0.25) is 0 Å². The van der Waals surface area contributed by atoms with Gasteiger partial charge in [0.15, 0.2) is 0 Å². The van der Waals surface area contributed by atoms with Crippen molar-refractivity contribution in [1.29, 1.82) is 0 Å². The van der Waals surface area contributed by atoms with Gasteiger partial charge in [-0.05, 0) is 43.5 Å². The predicted molar refractivity (Wildman–Crippen MR) is 111 cm³/mol. The Morgan fingerprint density at radius 3 is 2.12 bits per heavy atom. The number of hydrogen-bond acceptors (Lipinski definition) is 2. The Hall–Kier alpha value is -0.480. The lowest BCUT2D eigenvalue weighted by atomic mass is 9.99. The monoisotopic (exact) mass is 421 g/mol. The van der Waals surface area contributed by atoms with Crippen LogP contribution in [0.5, 0.6) is 0 Å². The van der Waals surface area contributed by atoms with Crippen molar-refractivity contribution in [2.24, 2.45) is 0 Å². The van der Waals surface area contributed by atoms with Crippen LogP contribution in [0.25, 0.3) is 0 Å². The van der Waals surface area contributed by atoms with Crippen LogP contribution in [0.3, 0.4) is 0 Å². The lowest BCUT2D eigenvalue weighted by Gasteiger charge is -2.18. The van der Waals surface area contributed by atoms with Crippen molar-refractivity contribution in [3.63, 3.8) is 0 Å². The van der Waals surface area contributed by atoms with Gasteiger partial charge in [0.25, 0.3) is 0 Å². The van der Waals surface area contributed by atoms with E-state index in [4.69, 9.17) is 39.9 Å². The van der Waals surface area contributed by atoms with Crippen LogP contribution in [0.2, 0.25) is 5.02 Å². The average Bonchev–Trinajstić information content (AvgIpc) is 2.60. The van der Waals surface area contributed by atoms with Crippen molar-refractivity contribution in [2.75, 3.05) is 6.54 Å². The summed E-state index contributed by atoms with van der Waals surface area (Å²) in [5.41, 5.74) is 1.29. The Balaban J connectivity index is 2.13. The van der Waals surface area contributed by atoms with Gasteiger partial charge in [0.1, 0.15) is 0 Å². The van der Waals surface area contributed by atoms with Crippen molar-refractivity contribution in [1.82, 2.24) is 5.32 Å². The van der Waals surface area contributed by atoms with Gasteiger partial charge < -0.3 is 10.4 Å². The number of unbranched alkanes of at least 4 members (excludes halogenated alkanes) is 6. The van der Waals surface area contributed by atoms with Crippen LogP contribution >= 0.6 is 34.8 Å². The first-order valence-corrected chi connectivity index (χ1v) is 10.6. The lowest BCUT2D eigenvalue weighted by molar-refractivity contribution is -0.138. The number of rotatable bonds is 14.